The Morgan fingerprint density at radius 3 is 3.09 bits per heavy atom. The fourth-order valence-electron chi connectivity index (χ4n) is 1.25. The van der Waals surface area contributed by atoms with Crippen LogP contribution < -0.4 is 5.32 Å². The van der Waals surface area contributed by atoms with E-state index in [1.165, 1.54) is 0 Å². The number of carbonyl (C=O) groups is 1. The van der Waals surface area contributed by atoms with Crippen LogP contribution >= 0.6 is 0 Å². The molecule has 1 aliphatic heterocycles. The summed E-state index contributed by atoms with van der Waals surface area (Å²) in [7, 11) is 0. The van der Waals surface area contributed by atoms with Gasteiger partial charge in [-0.2, -0.15) is 0 Å². The molecule has 3 nitrogen and oxygen atoms in total. The first-order valence-electron chi connectivity index (χ1n) is 4.17. The van der Waals surface area contributed by atoms with Crippen LogP contribution in [0.25, 0.3) is 0 Å². The number of ether oxygens (including phenoxy) is 1. The topological polar surface area (TPSA) is 38.3 Å². The number of hydrogen-bond donors (Lipinski definition) is 1. The highest BCUT2D eigenvalue weighted by Gasteiger charge is 2.23. The van der Waals surface area contributed by atoms with Crippen LogP contribution in [0.3, 0.4) is 0 Å². The van der Waals surface area contributed by atoms with Crippen LogP contribution in [0.15, 0.2) is 0 Å². The molecule has 0 radical (unpaired) electrons. The molecule has 0 aromatic heterocycles. The number of hydrogen-bond acceptors (Lipinski definition) is 3. The van der Waals surface area contributed by atoms with E-state index in [9.17, 15) is 4.79 Å². The standard InChI is InChI=1S/C8H15NO2/c1-2-3-11-8-4-7(6-10)9-5-8/h6-9H,2-5H2,1H3/t7-,8+/m0/s1. The minimum atomic E-state index is 0.0249. The van der Waals surface area contributed by atoms with E-state index in [1.54, 1.807) is 0 Å². The molecule has 1 fully saturated rings. The average Bonchev–Trinajstić information content (AvgIpc) is 2.48. The first kappa shape index (κ1) is 8.68. The summed E-state index contributed by atoms with van der Waals surface area (Å²) >= 11 is 0. The number of nitrogens with one attached hydrogen (secondary N) is 1. The lowest BCUT2D eigenvalue weighted by Crippen LogP contribution is -2.22. The van der Waals surface area contributed by atoms with Gasteiger partial charge in [0.25, 0.3) is 0 Å². The number of carbonyl (C=O) groups excluding carboxylic acids is 1. The summed E-state index contributed by atoms with van der Waals surface area (Å²) in [6.45, 7) is 3.71. The lowest BCUT2D eigenvalue weighted by atomic mass is 10.2. The van der Waals surface area contributed by atoms with Gasteiger partial charge in [0.05, 0.1) is 12.1 Å². The van der Waals surface area contributed by atoms with Crippen molar-refractivity contribution in [3.63, 3.8) is 0 Å². The molecule has 2 atom stereocenters. The van der Waals surface area contributed by atoms with Crippen LogP contribution in [0.2, 0.25) is 0 Å². The van der Waals surface area contributed by atoms with Crippen molar-refractivity contribution in [2.24, 2.45) is 0 Å². The van der Waals surface area contributed by atoms with Crippen molar-refractivity contribution in [3.8, 4) is 0 Å². The Kier molecular flexibility index (Phi) is 3.52. The maximum Gasteiger partial charge on any atom is 0.136 e. The van der Waals surface area contributed by atoms with Crippen LogP contribution in [-0.4, -0.2) is 31.6 Å². The SMILES string of the molecule is CCCO[C@H]1CN[C@H](C=O)C1. The highest BCUT2D eigenvalue weighted by atomic mass is 16.5. The minimum absolute atomic E-state index is 0.0249. The van der Waals surface area contributed by atoms with Gasteiger partial charge in [-0.3, -0.25) is 0 Å². The van der Waals surface area contributed by atoms with Gasteiger partial charge in [-0.25, -0.2) is 0 Å². The number of rotatable bonds is 4. The summed E-state index contributed by atoms with van der Waals surface area (Å²) < 4.78 is 5.46. The molecule has 0 saturated carbocycles. The minimum Gasteiger partial charge on any atom is -0.377 e. The lowest BCUT2D eigenvalue weighted by molar-refractivity contribution is -0.109. The van der Waals surface area contributed by atoms with Crippen LogP contribution in [0.1, 0.15) is 19.8 Å². The smallest absolute Gasteiger partial charge is 0.136 e. The van der Waals surface area contributed by atoms with E-state index in [0.717, 1.165) is 32.3 Å². The lowest BCUT2D eigenvalue weighted by Gasteiger charge is -2.08. The molecule has 0 aromatic carbocycles. The highest BCUT2D eigenvalue weighted by Crippen LogP contribution is 2.08. The van der Waals surface area contributed by atoms with Gasteiger partial charge in [-0.15, -0.1) is 0 Å². The van der Waals surface area contributed by atoms with Gasteiger partial charge in [0, 0.05) is 13.2 Å². The fourth-order valence-corrected chi connectivity index (χ4v) is 1.25. The predicted molar refractivity (Wildman–Crippen MR) is 42.5 cm³/mol. The molecule has 0 amide bonds. The van der Waals surface area contributed by atoms with E-state index in [1.807, 2.05) is 0 Å². The molecule has 3 heteroatoms. The van der Waals surface area contributed by atoms with Gasteiger partial charge in [0.1, 0.15) is 6.29 Å². The molecular formula is C8H15NO2. The normalized spacial score (nSPS) is 30.6. The Morgan fingerprint density at radius 2 is 2.55 bits per heavy atom. The zero-order chi connectivity index (χ0) is 8.10. The summed E-state index contributed by atoms with van der Waals surface area (Å²) in [5.74, 6) is 0. The summed E-state index contributed by atoms with van der Waals surface area (Å²) in [6, 6.07) is 0.0249. The van der Waals surface area contributed by atoms with Crippen molar-refractivity contribution < 1.29 is 9.53 Å². The van der Waals surface area contributed by atoms with E-state index in [4.69, 9.17) is 4.74 Å². The van der Waals surface area contributed by atoms with Crippen LogP contribution in [0, 0.1) is 0 Å². The number of aldehydes is 1. The Hall–Kier alpha value is -0.410. The quantitative estimate of drug-likeness (QED) is 0.598. The highest BCUT2D eigenvalue weighted by molar-refractivity contribution is 5.58. The first-order valence-corrected chi connectivity index (χ1v) is 4.17. The fraction of sp³-hybridized carbons (Fsp3) is 0.875. The monoisotopic (exact) mass is 157 g/mol. The summed E-state index contributed by atoms with van der Waals surface area (Å²) in [5.41, 5.74) is 0. The molecule has 0 aromatic rings. The molecule has 1 heterocycles. The predicted octanol–water partition coefficient (Wildman–Crippen LogP) is 0.342. The summed E-state index contributed by atoms with van der Waals surface area (Å²) in [6.07, 6.45) is 3.09. The van der Waals surface area contributed by atoms with Gasteiger partial charge >= 0.3 is 0 Å². The molecule has 1 N–H and O–H groups in total. The average molecular weight is 157 g/mol. The summed E-state index contributed by atoms with van der Waals surface area (Å²) in [5, 5.41) is 3.07. The molecule has 1 rings (SSSR count). The van der Waals surface area contributed by atoms with Gasteiger partial charge < -0.3 is 14.8 Å². The molecular weight excluding hydrogens is 142 g/mol. The van der Waals surface area contributed by atoms with Gasteiger partial charge in [-0.05, 0) is 12.8 Å². The van der Waals surface area contributed by atoms with Crippen molar-refractivity contribution in [2.45, 2.75) is 31.9 Å². The Bertz CT molecular complexity index is 127. The van der Waals surface area contributed by atoms with E-state index in [-0.39, 0.29) is 12.1 Å². The van der Waals surface area contributed by atoms with Gasteiger partial charge in [0.15, 0.2) is 0 Å². The molecule has 0 spiro atoms. The second-order valence-corrected chi connectivity index (χ2v) is 2.88. The second kappa shape index (κ2) is 4.46. The van der Waals surface area contributed by atoms with Crippen molar-refractivity contribution >= 4 is 6.29 Å². The Balaban J connectivity index is 2.14. The molecule has 1 saturated heterocycles. The van der Waals surface area contributed by atoms with Crippen LogP contribution in [-0.2, 0) is 9.53 Å². The molecule has 64 valence electrons. The second-order valence-electron chi connectivity index (χ2n) is 2.88. The molecule has 0 bridgehead atoms. The molecule has 0 aliphatic carbocycles. The zero-order valence-electron chi connectivity index (χ0n) is 6.88. The first-order chi connectivity index (χ1) is 5.36. The largest absolute Gasteiger partial charge is 0.377 e. The van der Waals surface area contributed by atoms with Crippen LogP contribution in [0.5, 0.6) is 0 Å². The maximum absolute atomic E-state index is 10.3. The van der Waals surface area contributed by atoms with E-state index < -0.39 is 0 Å². The molecule has 0 unspecified atom stereocenters. The van der Waals surface area contributed by atoms with Crippen molar-refractivity contribution in [1.82, 2.24) is 5.32 Å². The van der Waals surface area contributed by atoms with Crippen molar-refractivity contribution in [1.29, 1.82) is 0 Å². The molecule has 11 heavy (non-hydrogen) atoms. The van der Waals surface area contributed by atoms with Crippen molar-refractivity contribution in [3.05, 3.63) is 0 Å². The van der Waals surface area contributed by atoms with E-state index >= 15 is 0 Å². The summed E-state index contributed by atoms with van der Waals surface area (Å²) in [4.78, 5) is 10.3. The van der Waals surface area contributed by atoms with Gasteiger partial charge in [-0.1, -0.05) is 6.92 Å². The van der Waals surface area contributed by atoms with Gasteiger partial charge in [0.2, 0.25) is 0 Å². The zero-order valence-corrected chi connectivity index (χ0v) is 6.88. The molecule has 1 aliphatic rings. The van der Waals surface area contributed by atoms with Crippen molar-refractivity contribution in [2.75, 3.05) is 13.2 Å². The Labute approximate surface area is 67.1 Å². The van der Waals surface area contributed by atoms with E-state index in [0.29, 0.717) is 0 Å². The Morgan fingerprint density at radius 1 is 1.73 bits per heavy atom. The van der Waals surface area contributed by atoms with Crippen LogP contribution in [0.4, 0.5) is 0 Å². The third-order valence-electron chi connectivity index (χ3n) is 1.85. The maximum atomic E-state index is 10.3. The van der Waals surface area contributed by atoms with E-state index in [2.05, 4.69) is 12.2 Å². The third-order valence-corrected chi connectivity index (χ3v) is 1.85. The third kappa shape index (κ3) is 2.60.